The summed E-state index contributed by atoms with van der Waals surface area (Å²) in [6.45, 7) is 0. The van der Waals surface area contributed by atoms with E-state index in [1.54, 1.807) is 0 Å². The number of aromatic nitrogens is 4. The van der Waals surface area contributed by atoms with Crippen molar-refractivity contribution in [3.8, 4) is 45.6 Å². The van der Waals surface area contributed by atoms with E-state index >= 15 is 0 Å². The molecule has 0 aliphatic heterocycles. The first kappa shape index (κ1) is 28.6. The van der Waals surface area contributed by atoms with Gasteiger partial charge in [0.2, 0.25) is 5.89 Å². The molecule has 0 aliphatic carbocycles. The van der Waals surface area contributed by atoms with Gasteiger partial charge < -0.3 is 8.83 Å². The molecule has 0 unspecified atom stereocenters. The molecule has 6 heteroatoms. The zero-order chi connectivity index (χ0) is 34.2. The Kier molecular flexibility index (Phi) is 6.15. The number of hydrogen-bond acceptors (Lipinski definition) is 6. The Morgan fingerprint density at radius 1 is 0.346 bits per heavy atom. The number of nitrogens with zero attached hydrogens (tertiary/aromatic N) is 4. The monoisotopic (exact) mass is 666 g/mol. The molecule has 0 radical (unpaired) electrons. The minimum atomic E-state index is 0.492. The van der Waals surface area contributed by atoms with Crippen LogP contribution in [0.4, 0.5) is 0 Å². The Hall–Kier alpha value is -7.18. The molecular weight excluding hydrogens is 641 g/mol. The van der Waals surface area contributed by atoms with Crippen LogP contribution >= 0.6 is 0 Å². The maximum Gasteiger partial charge on any atom is 0.227 e. The Bertz CT molecular complexity index is 3130. The fourth-order valence-electron chi connectivity index (χ4n) is 7.44. The third kappa shape index (κ3) is 4.44. The van der Waals surface area contributed by atoms with Crippen LogP contribution in [0.5, 0.6) is 0 Å². The zero-order valence-electron chi connectivity index (χ0n) is 27.6. The van der Waals surface area contributed by atoms with Gasteiger partial charge in [-0.15, -0.1) is 0 Å². The third-order valence-corrected chi connectivity index (χ3v) is 9.93. The van der Waals surface area contributed by atoms with Crippen molar-refractivity contribution in [2.75, 3.05) is 0 Å². The standard InChI is InChI=1S/C46H26N4O2/c1-3-12-28(13-4-1)43-48-44(29-14-5-2-6-15-29)50-45(49-43)38-26-31(25-30-16-8-10-18-33(30)38)46-47-40-39(51-46)24-23-37-36-22-21-34-32-17-9-7-11-27(32)19-20-35(34)41(36)52-42(37)40/h1-26H. The molecule has 0 aliphatic rings. The largest absolute Gasteiger partial charge is 0.453 e. The fourth-order valence-corrected chi connectivity index (χ4v) is 7.44. The predicted molar refractivity (Wildman–Crippen MR) is 209 cm³/mol. The Morgan fingerprint density at radius 2 is 0.923 bits per heavy atom. The number of hydrogen-bond donors (Lipinski definition) is 0. The van der Waals surface area contributed by atoms with Crippen molar-refractivity contribution in [2.45, 2.75) is 0 Å². The number of benzene rings is 8. The van der Waals surface area contributed by atoms with Gasteiger partial charge in [-0.05, 0) is 63.3 Å². The second-order valence-electron chi connectivity index (χ2n) is 13.0. The lowest BCUT2D eigenvalue weighted by Gasteiger charge is -2.11. The molecule has 0 spiro atoms. The summed E-state index contributed by atoms with van der Waals surface area (Å²) in [4.78, 5) is 20.1. The summed E-state index contributed by atoms with van der Waals surface area (Å²) >= 11 is 0. The number of rotatable bonds is 4. The molecule has 11 aromatic rings. The van der Waals surface area contributed by atoms with Crippen LogP contribution in [0.2, 0.25) is 0 Å². The molecule has 242 valence electrons. The average Bonchev–Trinajstić information content (AvgIpc) is 3.83. The van der Waals surface area contributed by atoms with Crippen molar-refractivity contribution < 1.29 is 8.83 Å². The first-order chi connectivity index (χ1) is 25.7. The predicted octanol–water partition coefficient (Wildman–Crippen LogP) is 12.0. The fraction of sp³-hybridized carbons (Fsp3) is 0. The van der Waals surface area contributed by atoms with Gasteiger partial charge in [0.1, 0.15) is 5.58 Å². The van der Waals surface area contributed by atoms with Gasteiger partial charge in [0, 0.05) is 38.4 Å². The molecule has 3 aromatic heterocycles. The zero-order valence-corrected chi connectivity index (χ0v) is 27.6. The topological polar surface area (TPSA) is 77.8 Å². The van der Waals surface area contributed by atoms with E-state index in [1.165, 1.54) is 10.8 Å². The molecule has 8 aromatic carbocycles. The summed E-state index contributed by atoms with van der Waals surface area (Å²) in [7, 11) is 0. The smallest absolute Gasteiger partial charge is 0.227 e. The quantitative estimate of drug-likeness (QED) is 0.174. The highest BCUT2D eigenvalue weighted by molar-refractivity contribution is 6.22. The molecule has 0 saturated carbocycles. The minimum Gasteiger partial charge on any atom is -0.453 e. The Balaban J connectivity index is 1.11. The summed E-state index contributed by atoms with van der Waals surface area (Å²) in [6, 6.07) is 53.6. The maximum atomic E-state index is 6.70. The van der Waals surface area contributed by atoms with Crippen LogP contribution in [0, 0.1) is 0 Å². The molecular formula is C46H26N4O2. The van der Waals surface area contributed by atoms with E-state index in [2.05, 4.69) is 78.9 Å². The molecule has 0 fully saturated rings. The molecule has 0 atom stereocenters. The molecule has 3 heterocycles. The minimum absolute atomic E-state index is 0.492. The lowest BCUT2D eigenvalue weighted by molar-refractivity contribution is 0.620. The van der Waals surface area contributed by atoms with E-state index in [0.29, 0.717) is 40.0 Å². The van der Waals surface area contributed by atoms with Gasteiger partial charge in [-0.1, -0.05) is 121 Å². The van der Waals surface area contributed by atoms with Gasteiger partial charge in [0.05, 0.1) is 0 Å². The molecule has 11 rings (SSSR count). The van der Waals surface area contributed by atoms with Crippen LogP contribution in [0.3, 0.4) is 0 Å². The van der Waals surface area contributed by atoms with E-state index in [-0.39, 0.29) is 0 Å². The van der Waals surface area contributed by atoms with Crippen LogP contribution in [-0.2, 0) is 0 Å². The molecule has 0 N–H and O–H groups in total. The molecule has 0 saturated heterocycles. The molecule has 0 amide bonds. The average molecular weight is 667 g/mol. The van der Waals surface area contributed by atoms with Crippen molar-refractivity contribution in [1.29, 1.82) is 0 Å². The van der Waals surface area contributed by atoms with Crippen molar-refractivity contribution in [2.24, 2.45) is 0 Å². The van der Waals surface area contributed by atoms with E-state index in [1.807, 2.05) is 78.9 Å². The summed E-state index contributed by atoms with van der Waals surface area (Å²) < 4.78 is 13.2. The van der Waals surface area contributed by atoms with Gasteiger partial charge in [0.15, 0.2) is 34.2 Å². The second kappa shape index (κ2) is 11.2. The Morgan fingerprint density at radius 3 is 1.69 bits per heavy atom. The van der Waals surface area contributed by atoms with Crippen LogP contribution < -0.4 is 0 Å². The Labute approximate surface area is 296 Å². The van der Waals surface area contributed by atoms with Gasteiger partial charge >= 0.3 is 0 Å². The highest BCUT2D eigenvalue weighted by atomic mass is 16.4. The highest BCUT2D eigenvalue weighted by Crippen LogP contribution is 2.41. The van der Waals surface area contributed by atoms with Gasteiger partial charge in [0.25, 0.3) is 0 Å². The van der Waals surface area contributed by atoms with Gasteiger partial charge in [-0.2, -0.15) is 0 Å². The van der Waals surface area contributed by atoms with E-state index < -0.39 is 0 Å². The molecule has 0 bridgehead atoms. The number of furan rings is 1. The number of fused-ring (bicyclic) bond motifs is 10. The first-order valence-electron chi connectivity index (χ1n) is 17.2. The van der Waals surface area contributed by atoms with Crippen molar-refractivity contribution in [3.05, 3.63) is 158 Å². The number of oxazole rings is 1. The lowest BCUT2D eigenvalue weighted by atomic mass is 10.00. The van der Waals surface area contributed by atoms with Crippen LogP contribution in [0.1, 0.15) is 0 Å². The highest BCUT2D eigenvalue weighted by Gasteiger charge is 2.21. The van der Waals surface area contributed by atoms with E-state index in [9.17, 15) is 0 Å². The van der Waals surface area contributed by atoms with Gasteiger partial charge in [-0.25, -0.2) is 19.9 Å². The normalized spacial score (nSPS) is 11.8. The lowest BCUT2D eigenvalue weighted by Crippen LogP contribution is -2.00. The van der Waals surface area contributed by atoms with Crippen LogP contribution in [0.25, 0.3) is 111 Å². The van der Waals surface area contributed by atoms with Crippen molar-refractivity contribution in [3.63, 3.8) is 0 Å². The SMILES string of the molecule is c1ccc(-c2nc(-c3ccccc3)nc(-c3cc(-c4nc5c(ccc6c7ccc8c9ccccc9ccc8c7oc65)o4)cc4ccccc34)n2)cc1. The van der Waals surface area contributed by atoms with Crippen molar-refractivity contribution in [1.82, 2.24) is 19.9 Å². The van der Waals surface area contributed by atoms with Gasteiger partial charge in [-0.3, -0.25) is 0 Å². The summed E-state index contributed by atoms with van der Waals surface area (Å²) in [5.74, 6) is 2.27. The summed E-state index contributed by atoms with van der Waals surface area (Å²) in [5.41, 5.74) is 6.41. The third-order valence-electron chi connectivity index (χ3n) is 9.93. The summed E-state index contributed by atoms with van der Waals surface area (Å²) in [5, 5.41) is 8.74. The van der Waals surface area contributed by atoms with Crippen molar-refractivity contribution >= 4 is 65.4 Å². The second-order valence-corrected chi connectivity index (χ2v) is 13.0. The summed E-state index contributed by atoms with van der Waals surface area (Å²) in [6.07, 6.45) is 0. The van der Waals surface area contributed by atoms with E-state index in [0.717, 1.165) is 60.2 Å². The molecule has 52 heavy (non-hydrogen) atoms. The molecule has 6 nitrogen and oxygen atoms in total. The van der Waals surface area contributed by atoms with Crippen LogP contribution in [0.15, 0.2) is 167 Å². The maximum absolute atomic E-state index is 6.70. The van der Waals surface area contributed by atoms with E-state index in [4.69, 9.17) is 28.8 Å². The first-order valence-corrected chi connectivity index (χ1v) is 17.2. The van der Waals surface area contributed by atoms with Crippen LogP contribution in [-0.4, -0.2) is 19.9 Å².